The van der Waals surface area contributed by atoms with Crippen LogP contribution in [0.3, 0.4) is 0 Å². The zero-order valence-corrected chi connectivity index (χ0v) is 12.1. The Kier molecular flexibility index (Phi) is 10.8. The lowest BCUT2D eigenvalue weighted by Crippen LogP contribution is -2.39. The number of rotatable bonds is 8. The molecule has 0 aliphatic carbocycles. The minimum absolute atomic E-state index is 0.0646. The average Bonchev–Trinajstić information content (AvgIpc) is 2.41. The van der Waals surface area contributed by atoms with Gasteiger partial charge in [0.2, 0.25) is 5.91 Å². The average molecular weight is 321 g/mol. The number of nitrogens with two attached hydrogens (primary N) is 1. The number of nitrogens with one attached hydrogen (secondary N) is 1. The Bertz CT molecular complexity index is 417. The molecule has 0 unspecified atom stereocenters. The monoisotopic (exact) mass is 321 g/mol. The van der Waals surface area contributed by atoms with Crippen LogP contribution in [0.25, 0.3) is 0 Å². The Labute approximate surface area is 125 Å². The number of nitrogens with zero attached hydrogens (tertiary/aromatic N) is 1. The molecule has 0 rings (SSSR count). The lowest BCUT2D eigenvalue weighted by Gasteiger charge is -2.23. The van der Waals surface area contributed by atoms with E-state index in [0.717, 1.165) is 0 Å². The van der Waals surface area contributed by atoms with Crippen LogP contribution in [-0.2, 0) is 19.2 Å². The van der Waals surface area contributed by atoms with E-state index in [4.69, 9.17) is 15.9 Å². The lowest BCUT2D eigenvalue weighted by atomic mass is 9.95. The topological polar surface area (TPSA) is 182 Å². The third kappa shape index (κ3) is 17.3. The van der Waals surface area contributed by atoms with Crippen LogP contribution in [0.15, 0.2) is 12.2 Å². The second-order valence-electron chi connectivity index (χ2n) is 4.65. The van der Waals surface area contributed by atoms with E-state index in [1.54, 1.807) is 13.8 Å². The molecule has 0 heterocycles. The molecule has 0 saturated heterocycles. The minimum Gasteiger partial charge on any atom is -0.478 e. The summed E-state index contributed by atoms with van der Waals surface area (Å²) < 4.78 is 0. The Balaban J connectivity index is 0. The summed E-state index contributed by atoms with van der Waals surface area (Å²) in [4.78, 5) is 44.0. The van der Waals surface area contributed by atoms with Crippen LogP contribution >= 0.6 is 0 Å². The summed E-state index contributed by atoms with van der Waals surface area (Å²) in [5, 5.41) is 27.2. The molecular weight excluding hydrogens is 302 g/mol. The summed E-state index contributed by atoms with van der Waals surface area (Å²) in [6.07, 6.45) is 1.12. The highest BCUT2D eigenvalue weighted by Crippen LogP contribution is 2.13. The van der Waals surface area contributed by atoms with Gasteiger partial charge in [-0.2, -0.15) is 0 Å². The van der Waals surface area contributed by atoms with Gasteiger partial charge in [-0.15, -0.1) is 10.1 Å². The second kappa shape index (κ2) is 11.0. The number of aliphatic carboxylic acids is 2. The predicted molar refractivity (Wildman–Crippen MR) is 73.2 cm³/mol. The number of carbonyl (C=O) groups is 3. The van der Waals surface area contributed by atoms with Gasteiger partial charge in [0.25, 0.3) is 5.09 Å². The summed E-state index contributed by atoms with van der Waals surface area (Å²) in [6, 6.07) is 0. The van der Waals surface area contributed by atoms with Gasteiger partial charge >= 0.3 is 11.9 Å². The molecule has 0 aromatic carbocycles. The molecule has 0 aliphatic heterocycles. The van der Waals surface area contributed by atoms with Gasteiger partial charge in [0.1, 0.15) is 6.61 Å². The summed E-state index contributed by atoms with van der Waals surface area (Å²) in [5.41, 5.74) is 4.58. The fourth-order valence-electron chi connectivity index (χ4n) is 0.831. The Morgan fingerprint density at radius 2 is 1.73 bits per heavy atom. The number of carboxylic acids is 2. The van der Waals surface area contributed by atoms with E-state index in [2.05, 4.69) is 10.2 Å². The van der Waals surface area contributed by atoms with Crippen molar-refractivity contribution in [1.29, 1.82) is 0 Å². The molecular formula is C11H19N3O8. The smallest absolute Gasteiger partial charge is 0.328 e. The fourth-order valence-corrected chi connectivity index (χ4v) is 0.831. The number of hydrogen-bond acceptors (Lipinski definition) is 7. The number of carboxylic acid groups (broad SMARTS) is 2. The number of amides is 1. The van der Waals surface area contributed by atoms with Gasteiger partial charge in [0.15, 0.2) is 0 Å². The van der Waals surface area contributed by atoms with Crippen molar-refractivity contribution in [2.45, 2.75) is 13.8 Å². The highest BCUT2D eigenvalue weighted by molar-refractivity contribution is 5.89. The van der Waals surface area contributed by atoms with Crippen molar-refractivity contribution >= 4 is 17.8 Å². The summed E-state index contributed by atoms with van der Waals surface area (Å²) >= 11 is 0. The van der Waals surface area contributed by atoms with Gasteiger partial charge in [0, 0.05) is 24.1 Å². The molecule has 0 spiro atoms. The van der Waals surface area contributed by atoms with Crippen molar-refractivity contribution in [3.63, 3.8) is 0 Å². The predicted octanol–water partition coefficient (Wildman–Crippen LogP) is -0.992. The van der Waals surface area contributed by atoms with E-state index in [0.29, 0.717) is 12.2 Å². The van der Waals surface area contributed by atoms with Crippen molar-refractivity contribution < 1.29 is 34.5 Å². The Morgan fingerprint density at radius 1 is 1.27 bits per heavy atom. The fraction of sp³-hybridized carbons (Fsp3) is 0.545. The first kappa shape index (κ1) is 21.6. The number of carbonyl (C=O) groups excluding carboxylic acids is 1. The van der Waals surface area contributed by atoms with E-state index in [1.807, 2.05) is 0 Å². The maximum absolute atomic E-state index is 10.8. The van der Waals surface area contributed by atoms with Gasteiger partial charge in [-0.25, -0.2) is 9.59 Å². The van der Waals surface area contributed by atoms with Gasteiger partial charge in [-0.1, -0.05) is 13.8 Å². The molecule has 11 nitrogen and oxygen atoms in total. The first-order valence-corrected chi connectivity index (χ1v) is 5.88. The van der Waals surface area contributed by atoms with E-state index in [1.165, 1.54) is 0 Å². The Hall–Kier alpha value is -2.69. The van der Waals surface area contributed by atoms with Crippen molar-refractivity contribution in [3.8, 4) is 0 Å². The number of hydrogen-bond donors (Lipinski definition) is 4. The minimum atomic E-state index is -1.26. The second-order valence-corrected chi connectivity index (χ2v) is 4.65. The van der Waals surface area contributed by atoms with Crippen molar-refractivity contribution in [1.82, 2.24) is 5.32 Å². The van der Waals surface area contributed by atoms with Crippen LogP contribution in [-0.4, -0.2) is 52.8 Å². The van der Waals surface area contributed by atoms with Gasteiger partial charge < -0.3 is 26.1 Å². The molecule has 0 radical (unpaired) electrons. The third-order valence-electron chi connectivity index (χ3n) is 1.88. The van der Waals surface area contributed by atoms with Crippen LogP contribution in [0.5, 0.6) is 0 Å². The van der Waals surface area contributed by atoms with Crippen LogP contribution < -0.4 is 11.1 Å². The van der Waals surface area contributed by atoms with E-state index in [9.17, 15) is 24.5 Å². The first-order chi connectivity index (χ1) is 10.00. The normalized spacial score (nSPS) is 10.3. The molecule has 0 bridgehead atoms. The van der Waals surface area contributed by atoms with Gasteiger partial charge in [-0.05, 0) is 0 Å². The molecule has 126 valence electrons. The van der Waals surface area contributed by atoms with Crippen molar-refractivity contribution in [2.24, 2.45) is 11.1 Å². The molecule has 5 N–H and O–H groups in total. The summed E-state index contributed by atoms with van der Waals surface area (Å²) in [5.74, 6) is -2.81. The van der Waals surface area contributed by atoms with E-state index in [-0.39, 0.29) is 25.6 Å². The molecule has 0 atom stereocenters. The quantitative estimate of drug-likeness (QED) is 0.247. The van der Waals surface area contributed by atoms with E-state index < -0.39 is 22.4 Å². The molecule has 22 heavy (non-hydrogen) atoms. The van der Waals surface area contributed by atoms with Crippen molar-refractivity contribution in [2.75, 3.05) is 19.7 Å². The van der Waals surface area contributed by atoms with Crippen LogP contribution in [0, 0.1) is 15.5 Å². The molecule has 1 amide bonds. The molecule has 11 heteroatoms. The summed E-state index contributed by atoms with van der Waals surface area (Å²) in [7, 11) is 0. The first-order valence-electron chi connectivity index (χ1n) is 5.88. The highest BCUT2D eigenvalue weighted by atomic mass is 16.9. The van der Waals surface area contributed by atoms with Crippen molar-refractivity contribution in [3.05, 3.63) is 22.3 Å². The summed E-state index contributed by atoms with van der Waals surface area (Å²) in [6.45, 7) is 3.62. The molecule has 0 saturated carbocycles. The highest BCUT2D eigenvalue weighted by Gasteiger charge is 2.20. The van der Waals surface area contributed by atoms with Crippen LogP contribution in [0.2, 0.25) is 0 Å². The molecule has 0 aliphatic rings. The maximum atomic E-state index is 10.8. The van der Waals surface area contributed by atoms with Gasteiger partial charge in [0.05, 0.1) is 6.54 Å². The van der Waals surface area contributed by atoms with Crippen LogP contribution in [0.1, 0.15) is 13.8 Å². The molecule has 0 fully saturated rings. The third-order valence-corrected chi connectivity index (χ3v) is 1.88. The molecule has 0 aromatic rings. The SMILES string of the molecule is CC(C)(CNC(=O)CN)CO[N+](=O)[O-].O=C(O)C=CC(=O)O. The van der Waals surface area contributed by atoms with Gasteiger partial charge in [-0.3, -0.25) is 4.79 Å². The molecule has 0 aromatic heterocycles. The lowest BCUT2D eigenvalue weighted by molar-refractivity contribution is -0.760. The van der Waals surface area contributed by atoms with Crippen LogP contribution in [0.4, 0.5) is 0 Å². The maximum Gasteiger partial charge on any atom is 0.328 e. The standard InChI is InChI=1S/C7H15N3O4.C4H4O4/c1-7(2,5-14-10(12)13)4-9-6(11)3-8;5-3(6)1-2-4(7)8/h3-5,8H2,1-2H3,(H,9,11);1-2H,(H,5,6)(H,7,8). The largest absolute Gasteiger partial charge is 0.478 e. The van der Waals surface area contributed by atoms with E-state index >= 15 is 0 Å². The Morgan fingerprint density at radius 3 is 2.05 bits per heavy atom. The zero-order valence-electron chi connectivity index (χ0n) is 12.1. The zero-order chi connectivity index (χ0) is 17.8.